The number of imidazole rings is 1. The number of urea groups is 1. The lowest BCUT2D eigenvalue weighted by atomic mass is 9.91. The molecule has 0 radical (unpaired) electrons. The van der Waals surface area contributed by atoms with Gasteiger partial charge in [0.2, 0.25) is 11.8 Å². The van der Waals surface area contributed by atoms with Crippen LogP contribution in [0.1, 0.15) is 54.7 Å². The van der Waals surface area contributed by atoms with Crippen LogP contribution in [0.15, 0.2) is 85.3 Å². The molecule has 2 amide bonds. The fourth-order valence-corrected chi connectivity index (χ4v) is 7.43. The van der Waals surface area contributed by atoms with Crippen molar-refractivity contribution in [2.75, 3.05) is 42.3 Å². The van der Waals surface area contributed by atoms with Crippen molar-refractivity contribution in [1.82, 2.24) is 50.0 Å². The van der Waals surface area contributed by atoms with E-state index in [2.05, 4.69) is 60.6 Å². The number of anilines is 3. The Morgan fingerprint density at radius 1 is 0.964 bits per heavy atom. The number of benzene rings is 2. The van der Waals surface area contributed by atoms with Crippen LogP contribution in [-0.4, -0.2) is 106 Å². The molecule has 1 aliphatic heterocycles. The number of aliphatic hydroxyl groups is 2. The number of methoxy groups -OCH3 is 1. The van der Waals surface area contributed by atoms with Crippen LogP contribution in [0, 0.1) is 0 Å². The van der Waals surface area contributed by atoms with Gasteiger partial charge in [-0.1, -0.05) is 67.6 Å². The molecule has 292 valence electrons. The van der Waals surface area contributed by atoms with Gasteiger partial charge in [-0.15, -0.1) is 22.6 Å². The fraction of sp³-hybridized carbons (Fsp3) is 0.368. The minimum absolute atomic E-state index is 0. The van der Waals surface area contributed by atoms with Gasteiger partial charge in [-0.05, 0) is 35.2 Å². The van der Waals surface area contributed by atoms with Gasteiger partial charge in [0.25, 0.3) is 0 Å². The summed E-state index contributed by atoms with van der Waals surface area (Å²) in [5.74, 6) is 2.01. The number of hydrogen-bond acceptors (Lipinski definition) is 13. The summed E-state index contributed by atoms with van der Waals surface area (Å²) in [4.78, 5) is 35.3. The van der Waals surface area contributed by atoms with Gasteiger partial charge in [-0.3, -0.25) is 0 Å². The summed E-state index contributed by atoms with van der Waals surface area (Å²) in [6.07, 6.45) is 2.49. The quantitative estimate of drug-likeness (QED) is 0.120. The largest absolute Gasteiger partial charge is 0.481 e. The maximum Gasteiger partial charge on any atom is 0.319 e. The molecule has 2 fully saturated rings. The Kier molecular flexibility index (Phi) is 11.5. The Hall–Kier alpha value is -5.91. The number of carbonyl (C=O) groups is 1. The third-order valence-corrected chi connectivity index (χ3v) is 10.4. The Balaban J connectivity index is 0.00000480. The zero-order valence-electron chi connectivity index (χ0n) is 30.9. The second-order valence-electron chi connectivity index (χ2n) is 13.8. The lowest BCUT2D eigenvalue weighted by molar-refractivity contribution is 0.00473. The molecule has 2 aromatic carbocycles. The number of amides is 2. The molecule has 0 unspecified atom stereocenters. The van der Waals surface area contributed by atoms with E-state index in [0.29, 0.717) is 79.2 Å². The molecule has 0 bridgehead atoms. The van der Waals surface area contributed by atoms with Crippen LogP contribution in [0.5, 0.6) is 5.88 Å². The standard InChI is InChI=1S/C38H43N13O4.ClH/c1-3-30-46-48-51(47-30)29-18-28(33(52)34(29)53)50-22-41-32-35(40-20-27(23-10-6-4-7-11-23)24-12-8-5-9-13-24)44-37(45-36(32)50)49-17-16-26(21-49)43-38(54)42-25-14-15-31(55-2)39-19-25;/h4-15,19,22,26-29,33-34,52-53H,3,16-18,20-21H2,1-2H3,(H,40,44,45)(H2,42,43,54);1H/t26-,28-,29+,33+,34-;/m1./s1. The number of rotatable bonds is 12. The van der Waals surface area contributed by atoms with Gasteiger partial charge < -0.3 is 40.4 Å². The Bertz CT molecular complexity index is 2180. The first-order chi connectivity index (χ1) is 26.9. The van der Waals surface area contributed by atoms with Crippen LogP contribution in [0.2, 0.25) is 0 Å². The number of halogens is 1. The van der Waals surface area contributed by atoms with Gasteiger partial charge in [0.1, 0.15) is 18.2 Å². The Morgan fingerprint density at radius 3 is 2.36 bits per heavy atom. The van der Waals surface area contributed by atoms with Crippen LogP contribution in [0.25, 0.3) is 11.2 Å². The highest BCUT2D eigenvalue weighted by molar-refractivity contribution is 5.89. The molecule has 5 N–H and O–H groups in total. The van der Waals surface area contributed by atoms with E-state index < -0.39 is 24.3 Å². The molecule has 5 heterocycles. The smallest absolute Gasteiger partial charge is 0.319 e. The van der Waals surface area contributed by atoms with Crippen molar-refractivity contribution in [2.45, 2.75) is 62.4 Å². The zero-order chi connectivity index (χ0) is 37.9. The second-order valence-corrected chi connectivity index (χ2v) is 13.8. The first-order valence-electron chi connectivity index (χ1n) is 18.4. The van der Waals surface area contributed by atoms with Gasteiger partial charge in [0, 0.05) is 44.1 Å². The van der Waals surface area contributed by atoms with Crippen molar-refractivity contribution in [3.63, 3.8) is 0 Å². The van der Waals surface area contributed by atoms with E-state index in [-0.39, 0.29) is 30.4 Å². The number of aryl methyl sites for hydroxylation is 1. The van der Waals surface area contributed by atoms with Gasteiger partial charge in [-0.25, -0.2) is 14.8 Å². The van der Waals surface area contributed by atoms with E-state index in [1.54, 1.807) is 18.5 Å². The molecule has 4 aromatic heterocycles. The predicted octanol–water partition coefficient (Wildman–Crippen LogP) is 3.75. The molecule has 2 aliphatic rings. The first-order valence-corrected chi connectivity index (χ1v) is 18.4. The number of ether oxygens (including phenoxy) is 1. The van der Waals surface area contributed by atoms with Crippen LogP contribution >= 0.6 is 12.4 Å². The topological polar surface area (TPSA) is 206 Å². The van der Waals surface area contributed by atoms with E-state index in [1.165, 1.54) is 18.1 Å². The number of carbonyl (C=O) groups excluding carboxylic acids is 1. The summed E-state index contributed by atoms with van der Waals surface area (Å²) in [7, 11) is 1.53. The summed E-state index contributed by atoms with van der Waals surface area (Å²) >= 11 is 0. The molecule has 6 aromatic rings. The minimum atomic E-state index is -1.14. The SMILES string of the molecule is CCc1nnn([C@H]2C[C@@H](n3cnc4c(NCC(c5ccccc5)c5ccccc5)nc(N5CC[C@@H](NC(=O)Nc6ccc(OC)nc6)C5)nc43)[C@H](O)[C@@H]2O)n1.Cl. The molecule has 1 saturated carbocycles. The maximum atomic E-state index is 12.9. The highest BCUT2D eigenvalue weighted by Crippen LogP contribution is 2.40. The Labute approximate surface area is 329 Å². The van der Waals surface area contributed by atoms with Gasteiger partial charge >= 0.3 is 6.03 Å². The van der Waals surface area contributed by atoms with E-state index in [9.17, 15) is 15.0 Å². The molecule has 17 nitrogen and oxygen atoms in total. The van der Waals surface area contributed by atoms with Crippen molar-refractivity contribution in [2.24, 2.45) is 0 Å². The number of nitrogens with one attached hydrogen (secondary N) is 3. The molecule has 8 rings (SSSR count). The average Bonchev–Trinajstić information content (AvgIpc) is 4.03. The van der Waals surface area contributed by atoms with E-state index in [4.69, 9.17) is 19.7 Å². The molecular formula is C38H44ClN13O4. The molecule has 1 saturated heterocycles. The van der Waals surface area contributed by atoms with E-state index >= 15 is 0 Å². The number of fused-ring (bicyclic) bond motifs is 1. The predicted molar refractivity (Wildman–Crippen MR) is 211 cm³/mol. The van der Waals surface area contributed by atoms with Crippen LogP contribution < -0.4 is 25.6 Å². The highest BCUT2D eigenvalue weighted by Gasteiger charge is 2.45. The normalized spacial score (nSPS) is 20.6. The number of aromatic nitrogens is 9. The highest BCUT2D eigenvalue weighted by atomic mass is 35.5. The summed E-state index contributed by atoms with van der Waals surface area (Å²) in [5.41, 5.74) is 3.87. The third kappa shape index (κ3) is 7.91. The first kappa shape index (κ1) is 38.4. The monoisotopic (exact) mass is 781 g/mol. The van der Waals surface area contributed by atoms with Crippen molar-refractivity contribution in [3.8, 4) is 5.88 Å². The number of pyridine rings is 1. The number of nitrogens with zero attached hydrogens (tertiary/aromatic N) is 10. The molecule has 5 atom stereocenters. The van der Waals surface area contributed by atoms with Crippen molar-refractivity contribution in [3.05, 3.63) is 102 Å². The van der Waals surface area contributed by atoms with Gasteiger partial charge in [0.15, 0.2) is 22.8 Å². The molecule has 18 heteroatoms. The van der Waals surface area contributed by atoms with Crippen molar-refractivity contribution < 1.29 is 19.7 Å². The van der Waals surface area contributed by atoms with Crippen molar-refractivity contribution >= 4 is 47.1 Å². The van der Waals surface area contributed by atoms with Crippen LogP contribution in [-0.2, 0) is 6.42 Å². The molecular weight excluding hydrogens is 738 g/mol. The summed E-state index contributed by atoms with van der Waals surface area (Å²) < 4.78 is 6.92. The lowest BCUT2D eigenvalue weighted by Crippen LogP contribution is -2.40. The summed E-state index contributed by atoms with van der Waals surface area (Å²) in [6.45, 7) is 3.51. The van der Waals surface area contributed by atoms with Gasteiger partial charge in [-0.2, -0.15) is 14.8 Å². The lowest BCUT2D eigenvalue weighted by Gasteiger charge is -2.22. The van der Waals surface area contributed by atoms with E-state index in [0.717, 1.165) is 11.1 Å². The molecule has 0 spiro atoms. The molecule has 56 heavy (non-hydrogen) atoms. The summed E-state index contributed by atoms with van der Waals surface area (Å²) in [5, 5.41) is 44.7. The number of tetrazole rings is 1. The number of hydrogen-bond donors (Lipinski definition) is 5. The summed E-state index contributed by atoms with van der Waals surface area (Å²) in [6, 6.07) is 22.3. The Morgan fingerprint density at radius 2 is 1.70 bits per heavy atom. The van der Waals surface area contributed by atoms with E-state index in [1.807, 2.05) is 52.8 Å². The second kappa shape index (κ2) is 16.8. The van der Waals surface area contributed by atoms with Crippen molar-refractivity contribution in [1.29, 1.82) is 0 Å². The van der Waals surface area contributed by atoms with Crippen LogP contribution in [0.3, 0.4) is 0 Å². The minimum Gasteiger partial charge on any atom is -0.481 e. The molecule has 1 aliphatic carbocycles. The third-order valence-electron chi connectivity index (χ3n) is 10.4. The number of aliphatic hydroxyl groups excluding tert-OH is 2. The zero-order valence-corrected chi connectivity index (χ0v) is 31.7. The van der Waals surface area contributed by atoms with Crippen LogP contribution in [0.4, 0.5) is 22.2 Å². The van der Waals surface area contributed by atoms with Gasteiger partial charge in [0.05, 0.1) is 31.4 Å². The fourth-order valence-electron chi connectivity index (χ4n) is 7.43. The maximum absolute atomic E-state index is 12.9. The average molecular weight is 782 g/mol.